The molecular formula is C25H24N4O4S. The van der Waals surface area contributed by atoms with Crippen LogP contribution in [-0.2, 0) is 13.1 Å². The van der Waals surface area contributed by atoms with Gasteiger partial charge in [-0.15, -0.1) is 16.4 Å². The quantitative estimate of drug-likeness (QED) is 0.323. The molecular weight excluding hydrogens is 452 g/mol. The maximum absolute atomic E-state index is 13.3. The van der Waals surface area contributed by atoms with Gasteiger partial charge < -0.3 is 9.47 Å². The molecule has 0 N–H and O–H groups in total. The molecule has 5 aromatic rings. The number of benzene rings is 2. The predicted octanol–water partition coefficient (Wildman–Crippen LogP) is 3.79. The topological polar surface area (TPSA) is 79.8 Å². The number of aromatic nitrogens is 4. The molecule has 0 amide bonds. The number of thiophene rings is 1. The Hall–Kier alpha value is -3.85. The summed E-state index contributed by atoms with van der Waals surface area (Å²) in [6.45, 7) is 3.55. The van der Waals surface area contributed by atoms with Gasteiger partial charge in [0.1, 0.15) is 22.8 Å². The molecule has 5 rings (SSSR count). The second-order valence-corrected chi connectivity index (χ2v) is 8.74. The number of nitrogens with zero attached hydrogens (tertiary/aromatic N) is 4. The summed E-state index contributed by atoms with van der Waals surface area (Å²) in [5, 5.41) is 6.34. The molecule has 3 heterocycles. The van der Waals surface area contributed by atoms with Crippen LogP contribution in [0, 0.1) is 0 Å². The second kappa shape index (κ2) is 9.56. The van der Waals surface area contributed by atoms with Gasteiger partial charge in [-0.1, -0.05) is 37.3 Å². The van der Waals surface area contributed by atoms with Gasteiger partial charge in [-0.2, -0.15) is 0 Å². The first-order valence-electron chi connectivity index (χ1n) is 11.1. The van der Waals surface area contributed by atoms with E-state index in [1.165, 1.54) is 20.4 Å². The van der Waals surface area contributed by atoms with Crippen LogP contribution in [0.5, 0.6) is 11.5 Å². The molecule has 0 fully saturated rings. The van der Waals surface area contributed by atoms with Crippen LogP contribution in [0.3, 0.4) is 0 Å². The van der Waals surface area contributed by atoms with E-state index >= 15 is 0 Å². The normalized spacial score (nSPS) is 11.3. The molecule has 0 saturated carbocycles. The third kappa shape index (κ3) is 4.22. The summed E-state index contributed by atoms with van der Waals surface area (Å²) in [4.78, 5) is 26.5. The predicted molar refractivity (Wildman–Crippen MR) is 132 cm³/mol. The highest BCUT2D eigenvalue weighted by atomic mass is 32.1. The molecule has 9 heteroatoms. The van der Waals surface area contributed by atoms with Gasteiger partial charge in [-0.05, 0) is 47.7 Å². The Labute approximate surface area is 199 Å². The standard InChI is InChI=1S/C25H24N4O4S/c1-2-14-32-20-10-8-18(9-11-20)17-27-23(30)22-21(12-16-34-22)29-24(27)26-28(25(29)31)13-15-33-19-6-4-3-5-7-19/h3-12,16H,2,13-15,17H2,1H3. The first-order chi connectivity index (χ1) is 16.7. The highest BCUT2D eigenvalue weighted by Crippen LogP contribution is 2.19. The van der Waals surface area contributed by atoms with E-state index in [1.807, 2.05) is 60.0 Å². The van der Waals surface area contributed by atoms with Crippen molar-refractivity contribution in [1.29, 1.82) is 0 Å². The van der Waals surface area contributed by atoms with Gasteiger partial charge in [0, 0.05) is 0 Å². The Bertz CT molecular complexity index is 1530. The Morgan fingerprint density at radius 2 is 1.65 bits per heavy atom. The van der Waals surface area contributed by atoms with E-state index in [1.54, 1.807) is 10.6 Å². The number of para-hydroxylation sites is 1. The van der Waals surface area contributed by atoms with Crippen molar-refractivity contribution < 1.29 is 9.47 Å². The van der Waals surface area contributed by atoms with E-state index in [4.69, 9.17) is 9.47 Å². The Morgan fingerprint density at radius 1 is 0.912 bits per heavy atom. The maximum Gasteiger partial charge on any atom is 0.352 e. The summed E-state index contributed by atoms with van der Waals surface area (Å²) in [6.07, 6.45) is 0.934. The summed E-state index contributed by atoms with van der Waals surface area (Å²) < 4.78 is 16.3. The van der Waals surface area contributed by atoms with Gasteiger partial charge in [0.25, 0.3) is 5.56 Å². The third-order valence-electron chi connectivity index (χ3n) is 5.44. The zero-order chi connectivity index (χ0) is 23.5. The van der Waals surface area contributed by atoms with Crippen molar-refractivity contribution in [3.63, 3.8) is 0 Å². The van der Waals surface area contributed by atoms with Gasteiger partial charge in [-0.25, -0.2) is 13.9 Å². The lowest BCUT2D eigenvalue weighted by Crippen LogP contribution is -2.26. The lowest BCUT2D eigenvalue weighted by molar-refractivity contribution is 0.289. The fourth-order valence-corrected chi connectivity index (χ4v) is 4.61. The Kier molecular flexibility index (Phi) is 6.18. The summed E-state index contributed by atoms with van der Waals surface area (Å²) >= 11 is 1.32. The molecule has 0 saturated heterocycles. The lowest BCUT2D eigenvalue weighted by atomic mass is 10.2. The van der Waals surface area contributed by atoms with E-state index in [0.717, 1.165) is 23.5 Å². The van der Waals surface area contributed by atoms with Crippen molar-refractivity contribution in [2.75, 3.05) is 13.2 Å². The monoisotopic (exact) mass is 476 g/mol. The molecule has 0 radical (unpaired) electrons. The van der Waals surface area contributed by atoms with E-state index in [9.17, 15) is 9.59 Å². The van der Waals surface area contributed by atoms with Gasteiger partial charge >= 0.3 is 5.69 Å². The number of hydrogen-bond donors (Lipinski definition) is 0. The van der Waals surface area contributed by atoms with Crippen LogP contribution in [0.1, 0.15) is 18.9 Å². The van der Waals surface area contributed by atoms with Gasteiger partial charge in [0.05, 0.1) is 25.2 Å². The summed E-state index contributed by atoms with van der Waals surface area (Å²) in [6, 6.07) is 18.8. The van der Waals surface area contributed by atoms with Crippen LogP contribution in [0.25, 0.3) is 16.0 Å². The minimum Gasteiger partial charge on any atom is -0.494 e. The second-order valence-electron chi connectivity index (χ2n) is 7.82. The zero-order valence-electron chi connectivity index (χ0n) is 18.7. The van der Waals surface area contributed by atoms with E-state index in [0.29, 0.717) is 29.1 Å². The lowest BCUT2D eigenvalue weighted by Gasteiger charge is -2.09. The minimum absolute atomic E-state index is 0.165. The van der Waals surface area contributed by atoms with E-state index in [2.05, 4.69) is 12.0 Å². The summed E-state index contributed by atoms with van der Waals surface area (Å²) in [5.74, 6) is 1.82. The average Bonchev–Trinajstić information content (AvgIpc) is 3.47. The average molecular weight is 477 g/mol. The first kappa shape index (κ1) is 22.0. The maximum atomic E-state index is 13.3. The van der Waals surface area contributed by atoms with Crippen molar-refractivity contribution >= 4 is 27.3 Å². The molecule has 34 heavy (non-hydrogen) atoms. The van der Waals surface area contributed by atoms with Crippen LogP contribution in [-0.4, -0.2) is 32.0 Å². The SMILES string of the molecule is CCCOc1ccc(Cn2c(=O)c3sccc3n3c(=O)n(CCOc4ccccc4)nc23)cc1. The molecule has 0 spiro atoms. The van der Waals surface area contributed by atoms with Gasteiger partial charge in [0.2, 0.25) is 5.78 Å². The van der Waals surface area contributed by atoms with E-state index < -0.39 is 0 Å². The van der Waals surface area contributed by atoms with E-state index in [-0.39, 0.29) is 24.4 Å². The molecule has 3 aromatic heterocycles. The number of ether oxygens (including phenoxy) is 2. The van der Waals surface area contributed by atoms with Crippen molar-refractivity contribution in [3.05, 3.63) is 92.4 Å². The number of hydrogen-bond acceptors (Lipinski definition) is 6. The molecule has 0 bridgehead atoms. The molecule has 0 aliphatic heterocycles. The molecule has 0 aliphatic carbocycles. The van der Waals surface area contributed by atoms with Crippen molar-refractivity contribution in [3.8, 4) is 11.5 Å². The summed E-state index contributed by atoms with van der Waals surface area (Å²) in [7, 11) is 0. The van der Waals surface area contributed by atoms with Crippen molar-refractivity contribution in [2.45, 2.75) is 26.4 Å². The van der Waals surface area contributed by atoms with Crippen LogP contribution < -0.4 is 20.7 Å². The third-order valence-corrected chi connectivity index (χ3v) is 6.33. The first-order valence-corrected chi connectivity index (χ1v) is 12.0. The van der Waals surface area contributed by atoms with Crippen LogP contribution in [0.2, 0.25) is 0 Å². The Balaban J connectivity index is 1.49. The zero-order valence-corrected chi connectivity index (χ0v) is 19.5. The fourth-order valence-electron chi connectivity index (χ4n) is 3.78. The summed E-state index contributed by atoms with van der Waals surface area (Å²) in [5.41, 5.74) is 1.02. The van der Waals surface area contributed by atoms with Gasteiger partial charge in [-0.3, -0.25) is 9.36 Å². The van der Waals surface area contributed by atoms with Crippen LogP contribution in [0.4, 0.5) is 0 Å². The van der Waals surface area contributed by atoms with Crippen LogP contribution in [0.15, 0.2) is 75.6 Å². The van der Waals surface area contributed by atoms with Crippen molar-refractivity contribution in [1.82, 2.24) is 18.7 Å². The molecule has 0 aliphatic rings. The van der Waals surface area contributed by atoms with Gasteiger partial charge in [0.15, 0.2) is 0 Å². The minimum atomic E-state index is -0.299. The molecule has 0 atom stereocenters. The Morgan fingerprint density at radius 3 is 2.41 bits per heavy atom. The van der Waals surface area contributed by atoms with Crippen molar-refractivity contribution in [2.24, 2.45) is 0 Å². The van der Waals surface area contributed by atoms with Crippen LogP contribution >= 0.6 is 11.3 Å². The molecule has 8 nitrogen and oxygen atoms in total. The largest absolute Gasteiger partial charge is 0.494 e. The number of rotatable bonds is 9. The molecule has 0 unspecified atom stereocenters. The number of fused-ring (bicyclic) bond motifs is 3. The fraction of sp³-hybridized carbons (Fsp3) is 0.240. The molecule has 2 aromatic carbocycles. The highest BCUT2D eigenvalue weighted by Gasteiger charge is 2.18. The smallest absolute Gasteiger partial charge is 0.352 e. The molecule has 174 valence electrons. The highest BCUT2D eigenvalue weighted by molar-refractivity contribution is 7.17.